The van der Waals surface area contributed by atoms with Crippen molar-refractivity contribution in [3.63, 3.8) is 0 Å². The average molecular weight is 387 g/mol. The Labute approximate surface area is 136 Å². The first-order valence-electron chi connectivity index (χ1n) is 7.70. The Morgan fingerprint density at radius 2 is 1.60 bits per heavy atom. The molecule has 2 nitrogen and oxygen atoms in total. The van der Waals surface area contributed by atoms with Gasteiger partial charge in [-0.05, 0) is 60.1 Å². The highest BCUT2D eigenvalue weighted by Crippen LogP contribution is 2.47. The molecule has 0 bridgehead atoms. The average Bonchev–Trinajstić information content (AvgIpc) is 2.39. The standard InChI is InChI=1S/C17H26INO/c1-16(20,14-7-9-15(18)10-8-14)17(13-19)11-5-3-2-4-6-12-17/h7-10,20H,2-6,11-13,19H2,1H3. The van der Waals surface area contributed by atoms with Gasteiger partial charge in [0.05, 0.1) is 5.60 Å². The molecule has 0 aromatic heterocycles. The van der Waals surface area contributed by atoms with Crippen molar-refractivity contribution in [3.8, 4) is 0 Å². The van der Waals surface area contributed by atoms with Crippen LogP contribution in [0, 0.1) is 8.99 Å². The lowest BCUT2D eigenvalue weighted by Crippen LogP contribution is -2.49. The Kier molecular flexibility index (Phi) is 5.49. The molecule has 20 heavy (non-hydrogen) atoms. The van der Waals surface area contributed by atoms with Gasteiger partial charge in [0.15, 0.2) is 0 Å². The molecule has 112 valence electrons. The third-order valence-corrected chi connectivity index (χ3v) is 5.86. The third kappa shape index (κ3) is 3.20. The monoisotopic (exact) mass is 387 g/mol. The smallest absolute Gasteiger partial charge is 0.0936 e. The molecular formula is C17H26INO. The van der Waals surface area contributed by atoms with Gasteiger partial charge in [0, 0.05) is 15.5 Å². The Morgan fingerprint density at radius 3 is 2.10 bits per heavy atom. The minimum Gasteiger partial charge on any atom is -0.385 e. The van der Waals surface area contributed by atoms with Gasteiger partial charge in [0.2, 0.25) is 0 Å². The molecule has 0 saturated heterocycles. The topological polar surface area (TPSA) is 46.2 Å². The quantitative estimate of drug-likeness (QED) is 0.765. The first kappa shape index (κ1) is 16.2. The number of hydrogen-bond donors (Lipinski definition) is 2. The summed E-state index contributed by atoms with van der Waals surface area (Å²) in [5, 5.41) is 11.3. The van der Waals surface area contributed by atoms with E-state index in [0.717, 1.165) is 18.4 Å². The molecule has 1 aromatic rings. The lowest BCUT2D eigenvalue weighted by Gasteiger charge is -2.46. The van der Waals surface area contributed by atoms with E-state index in [2.05, 4.69) is 46.9 Å². The van der Waals surface area contributed by atoms with Crippen LogP contribution in [0.3, 0.4) is 0 Å². The Morgan fingerprint density at radius 1 is 1.10 bits per heavy atom. The second kappa shape index (κ2) is 6.75. The van der Waals surface area contributed by atoms with Crippen molar-refractivity contribution in [3.05, 3.63) is 33.4 Å². The van der Waals surface area contributed by atoms with Gasteiger partial charge in [0.25, 0.3) is 0 Å². The van der Waals surface area contributed by atoms with Crippen molar-refractivity contribution in [1.29, 1.82) is 0 Å². The number of halogens is 1. The zero-order valence-electron chi connectivity index (χ0n) is 12.4. The van der Waals surface area contributed by atoms with E-state index < -0.39 is 5.60 Å². The Bertz CT molecular complexity index is 419. The number of hydrogen-bond acceptors (Lipinski definition) is 2. The van der Waals surface area contributed by atoms with E-state index in [1.165, 1.54) is 35.7 Å². The molecule has 0 radical (unpaired) electrons. The summed E-state index contributed by atoms with van der Waals surface area (Å²) in [6, 6.07) is 8.24. The van der Waals surface area contributed by atoms with Crippen LogP contribution in [0.4, 0.5) is 0 Å². The van der Waals surface area contributed by atoms with E-state index >= 15 is 0 Å². The van der Waals surface area contributed by atoms with Crippen LogP contribution in [-0.4, -0.2) is 11.7 Å². The first-order chi connectivity index (χ1) is 9.52. The molecule has 1 fully saturated rings. The van der Waals surface area contributed by atoms with Crippen molar-refractivity contribution in [2.75, 3.05) is 6.54 Å². The minimum atomic E-state index is -0.844. The molecule has 0 aliphatic heterocycles. The minimum absolute atomic E-state index is 0.180. The molecule has 0 spiro atoms. The molecule has 1 saturated carbocycles. The second-order valence-corrected chi connectivity index (χ2v) is 7.58. The summed E-state index contributed by atoms with van der Waals surface area (Å²) in [4.78, 5) is 0. The lowest BCUT2D eigenvalue weighted by atomic mass is 9.63. The number of benzene rings is 1. The van der Waals surface area contributed by atoms with Gasteiger partial charge in [0.1, 0.15) is 0 Å². The zero-order valence-corrected chi connectivity index (χ0v) is 14.5. The van der Waals surface area contributed by atoms with Crippen LogP contribution in [0.5, 0.6) is 0 Å². The summed E-state index contributed by atoms with van der Waals surface area (Å²) in [6.45, 7) is 2.52. The van der Waals surface area contributed by atoms with Crippen LogP contribution in [0.25, 0.3) is 0 Å². The molecule has 1 atom stereocenters. The summed E-state index contributed by atoms with van der Waals surface area (Å²) in [7, 11) is 0. The molecule has 0 amide bonds. The fraction of sp³-hybridized carbons (Fsp3) is 0.647. The summed E-state index contributed by atoms with van der Waals surface area (Å²) in [5.74, 6) is 0. The van der Waals surface area contributed by atoms with Crippen LogP contribution in [-0.2, 0) is 5.60 Å². The highest BCUT2D eigenvalue weighted by molar-refractivity contribution is 14.1. The molecule has 3 N–H and O–H groups in total. The number of rotatable bonds is 3. The molecule has 2 rings (SSSR count). The van der Waals surface area contributed by atoms with E-state index in [0.29, 0.717) is 6.54 Å². The van der Waals surface area contributed by atoms with E-state index in [1.54, 1.807) is 0 Å². The van der Waals surface area contributed by atoms with Crippen molar-refractivity contribution in [2.24, 2.45) is 11.1 Å². The number of nitrogens with two attached hydrogens (primary N) is 1. The van der Waals surface area contributed by atoms with Gasteiger partial charge >= 0.3 is 0 Å². The Balaban J connectivity index is 2.33. The van der Waals surface area contributed by atoms with Crippen molar-refractivity contribution < 1.29 is 5.11 Å². The first-order valence-corrected chi connectivity index (χ1v) is 8.78. The summed E-state index contributed by atoms with van der Waals surface area (Å²) in [6.07, 6.45) is 8.28. The van der Waals surface area contributed by atoms with Gasteiger partial charge < -0.3 is 10.8 Å². The summed E-state index contributed by atoms with van der Waals surface area (Å²) < 4.78 is 1.20. The lowest BCUT2D eigenvalue weighted by molar-refractivity contribution is -0.0864. The molecule has 1 aliphatic carbocycles. The zero-order chi connectivity index (χ0) is 14.6. The maximum Gasteiger partial charge on any atom is 0.0936 e. The van der Waals surface area contributed by atoms with Crippen LogP contribution in [0.15, 0.2) is 24.3 Å². The normalized spacial score (nSPS) is 22.6. The van der Waals surface area contributed by atoms with Crippen LogP contribution >= 0.6 is 22.6 Å². The van der Waals surface area contributed by atoms with Gasteiger partial charge in [-0.25, -0.2) is 0 Å². The molecule has 1 aliphatic rings. The van der Waals surface area contributed by atoms with Gasteiger partial charge in [-0.3, -0.25) is 0 Å². The van der Waals surface area contributed by atoms with E-state index in [1.807, 2.05) is 6.92 Å². The summed E-state index contributed by atoms with van der Waals surface area (Å²) >= 11 is 2.30. The van der Waals surface area contributed by atoms with Crippen LogP contribution in [0.1, 0.15) is 57.4 Å². The maximum absolute atomic E-state index is 11.3. The fourth-order valence-electron chi connectivity index (χ4n) is 3.55. The van der Waals surface area contributed by atoms with E-state index in [9.17, 15) is 5.11 Å². The number of aliphatic hydroxyl groups is 1. The molecular weight excluding hydrogens is 361 g/mol. The summed E-state index contributed by atoms with van der Waals surface area (Å²) in [5.41, 5.74) is 6.13. The van der Waals surface area contributed by atoms with Crippen LogP contribution in [0.2, 0.25) is 0 Å². The van der Waals surface area contributed by atoms with E-state index in [4.69, 9.17) is 5.73 Å². The highest BCUT2D eigenvalue weighted by atomic mass is 127. The molecule has 1 aromatic carbocycles. The largest absolute Gasteiger partial charge is 0.385 e. The van der Waals surface area contributed by atoms with Crippen molar-refractivity contribution >= 4 is 22.6 Å². The maximum atomic E-state index is 11.3. The van der Waals surface area contributed by atoms with Crippen molar-refractivity contribution in [1.82, 2.24) is 0 Å². The molecule has 3 heteroatoms. The van der Waals surface area contributed by atoms with Gasteiger partial charge in [-0.2, -0.15) is 0 Å². The second-order valence-electron chi connectivity index (χ2n) is 6.33. The van der Waals surface area contributed by atoms with Crippen molar-refractivity contribution in [2.45, 2.75) is 57.5 Å². The SMILES string of the molecule is CC(O)(c1ccc(I)cc1)C1(CN)CCCCCCC1. The molecule has 1 unspecified atom stereocenters. The van der Waals surface area contributed by atoms with Crippen LogP contribution < -0.4 is 5.73 Å². The third-order valence-electron chi connectivity index (χ3n) is 5.14. The highest BCUT2D eigenvalue weighted by Gasteiger charge is 2.46. The Hall–Kier alpha value is -0.130. The predicted octanol–water partition coefficient (Wildman–Crippen LogP) is 4.19. The molecule has 0 heterocycles. The predicted molar refractivity (Wildman–Crippen MR) is 92.5 cm³/mol. The van der Waals surface area contributed by atoms with Gasteiger partial charge in [-0.1, -0.05) is 44.2 Å². The fourth-order valence-corrected chi connectivity index (χ4v) is 3.91. The van der Waals surface area contributed by atoms with E-state index in [-0.39, 0.29) is 5.41 Å². The van der Waals surface area contributed by atoms with Gasteiger partial charge in [-0.15, -0.1) is 0 Å².